The van der Waals surface area contributed by atoms with Crippen LogP contribution in [0.15, 0.2) is 66.7 Å². The molecule has 0 aliphatic carbocycles. The van der Waals surface area contributed by atoms with Crippen molar-refractivity contribution in [3.8, 4) is 17.1 Å². The minimum Gasteiger partial charge on any atom is -0.478 e. The van der Waals surface area contributed by atoms with Crippen molar-refractivity contribution in [2.24, 2.45) is 5.41 Å². The molecule has 0 amide bonds. The molecule has 0 unspecified atom stereocenters. The Bertz CT molecular complexity index is 1920. The predicted octanol–water partition coefficient (Wildman–Crippen LogP) is 6.97. The van der Waals surface area contributed by atoms with E-state index in [1.54, 1.807) is 25.1 Å². The van der Waals surface area contributed by atoms with Crippen LogP contribution >= 0.6 is 0 Å². The van der Waals surface area contributed by atoms with E-state index in [4.69, 9.17) is 9.47 Å². The van der Waals surface area contributed by atoms with E-state index < -0.39 is 35.3 Å². The van der Waals surface area contributed by atoms with E-state index in [-0.39, 0.29) is 72.4 Å². The Morgan fingerprint density at radius 3 is 2.44 bits per heavy atom. The second-order valence-corrected chi connectivity index (χ2v) is 11.1. The molecule has 232 valence electrons. The lowest BCUT2D eigenvalue weighted by molar-refractivity contribution is -0.192. The number of halogens is 5. The summed E-state index contributed by atoms with van der Waals surface area (Å²) in [5.41, 5.74) is -0.0947. The van der Waals surface area contributed by atoms with Crippen molar-refractivity contribution in [1.82, 2.24) is 14.5 Å². The number of carboxylic acids is 1. The first-order valence-electron chi connectivity index (χ1n) is 13.9. The maximum atomic E-state index is 15.5. The fourth-order valence-electron chi connectivity index (χ4n) is 5.24. The van der Waals surface area contributed by atoms with Crippen LogP contribution in [0.4, 0.5) is 22.0 Å². The summed E-state index contributed by atoms with van der Waals surface area (Å²) >= 11 is 0. The molecule has 3 aromatic carbocycles. The number of aromatic carboxylic acids is 1. The summed E-state index contributed by atoms with van der Waals surface area (Å²) < 4.78 is 85.4. The summed E-state index contributed by atoms with van der Waals surface area (Å²) in [6.07, 6.45) is -3.00. The van der Waals surface area contributed by atoms with E-state index in [9.17, 15) is 23.1 Å². The van der Waals surface area contributed by atoms with Gasteiger partial charge in [-0.25, -0.2) is 36.7 Å². The molecule has 12 heteroatoms. The number of imidazole rings is 1. The number of fused-ring (bicyclic) bond motifs is 1. The quantitative estimate of drug-likeness (QED) is 0.169. The van der Waals surface area contributed by atoms with Gasteiger partial charge in [-0.15, -0.1) is 0 Å². The molecule has 6 rings (SSSR count). The molecule has 0 spiro atoms. The maximum absolute atomic E-state index is 15.5. The molecule has 3 heterocycles. The molecule has 1 aliphatic rings. The Balaban J connectivity index is 1.30. The Hall–Kier alpha value is -4.84. The molecule has 2 aromatic heterocycles. The van der Waals surface area contributed by atoms with Crippen LogP contribution in [0.3, 0.4) is 0 Å². The van der Waals surface area contributed by atoms with Crippen LogP contribution in [-0.2, 0) is 24.3 Å². The maximum Gasteiger partial charge on any atom is 0.335 e. The lowest BCUT2D eigenvalue weighted by Gasteiger charge is -2.41. The highest BCUT2D eigenvalue weighted by molar-refractivity contribution is 5.92. The minimum absolute atomic E-state index is 0.0737. The molecule has 1 fully saturated rings. The van der Waals surface area contributed by atoms with Gasteiger partial charge >= 0.3 is 5.97 Å². The van der Waals surface area contributed by atoms with Gasteiger partial charge in [0, 0.05) is 30.2 Å². The molecule has 0 saturated carbocycles. The first-order chi connectivity index (χ1) is 21.5. The van der Waals surface area contributed by atoms with Crippen LogP contribution in [0.2, 0.25) is 0 Å². The molecule has 1 N–H and O–H groups in total. The number of benzene rings is 3. The Labute approximate surface area is 253 Å². The zero-order valence-electron chi connectivity index (χ0n) is 23.9. The topological polar surface area (TPSA) is 86.5 Å². The summed E-state index contributed by atoms with van der Waals surface area (Å²) in [6.45, 7) is 0.959. The van der Waals surface area contributed by atoms with Gasteiger partial charge in [-0.05, 0) is 60.5 Å². The highest BCUT2D eigenvalue weighted by atomic mass is 19.3. The fraction of sp³-hybridized carbons (Fsp3) is 0.242. The highest BCUT2D eigenvalue weighted by Crippen LogP contribution is 2.38. The standard InChI is InChI=1S/C33H26F5N3O4/c1-18-5-6-20(23(34)9-18)14-45-30-4-2-3-26(40-30)22-13-24(35)21(10-25(22)36)12-29-39-27-8-7-19(31(42)43)11-28(27)41(29)15-33(32(37)38)16-44-17-33/h2-11,13,32H,12,14-17H2,1H3,(H,42,43). The number of carbonyl (C=O) groups is 1. The van der Waals surface area contributed by atoms with Crippen LogP contribution in [0.5, 0.6) is 5.88 Å². The summed E-state index contributed by atoms with van der Waals surface area (Å²) in [4.78, 5) is 20.3. The first-order valence-corrected chi connectivity index (χ1v) is 13.9. The van der Waals surface area contributed by atoms with E-state index >= 15 is 8.78 Å². The van der Waals surface area contributed by atoms with E-state index in [1.165, 1.54) is 41.0 Å². The van der Waals surface area contributed by atoms with Crippen molar-refractivity contribution in [2.75, 3.05) is 13.2 Å². The van der Waals surface area contributed by atoms with Crippen molar-refractivity contribution in [1.29, 1.82) is 0 Å². The van der Waals surface area contributed by atoms with Gasteiger partial charge in [-0.3, -0.25) is 0 Å². The normalized spacial score (nSPS) is 14.1. The number of hydrogen-bond acceptors (Lipinski definition) is 5. The number of nitrogens with zero attached hydrogens (tertiary/aromatic N) is 3. The van der Waals surface area contributed by atoms with Gasteiger partial charge in [-0.2, -0.15) is 0 Å². The van der Waals surface area contributed by atoms with Gasteiger partial charge in [0.1, 0.15) is 29.9 Å². The molecular weight excluding hydrogens is 597 g/mol. The molecule has 0 radical (unpaired) electrons. The van der Waals surface area contributed by atoms with Crippen molar-refractivity contribution in [3.05, 3.63) is 112 Å². The smallest absolute Gasteiger partial charge is 0.335 e. The van der Waals surface area contributed by atoms with Gasteiger partial charge in [0.25, 0.3) is 0 Å². The van der Waals surface area contributed by atoms with Crippen LogP contribution in [0.1, 0.15) is 32.9 Å². The third kappa shape index (κ3) is 5.97. The van der Waals surface area contributed by atoms with Crippen molar-refractivity contribution in [2.45, 2.75) is 32.9 Å². The lowest BCUT2D eigenvalue weighted by Crippen LogP contribution is -2.51. The average Bonchev–Trinajstić information content (AvgIpc) is 3.31. The van der Waals surface area contributed by atoms with Crippen LogP contribution in [0.25, 0.3) is 22.3 Å². The largest absolute Gasteiger partial charge is 0.478 e. The number of rotatable bonds is 10. The van der Waals surface area contributed by atoms with Gasteiger partial charge in [-0.1, -0.05) is 18.2 Å². The van der Waals surface area contributed by atoms with Crippen molar-refractivity contribution >= 4 is 17.0 Å². The van der Waals surface area contributed by atoms with E-state index in [1.807, 2.05) is 0 Å². The van der Waals surface area contributed by atoms with E-state index in [0.717, 1.165) is 17.7 Å². The molecule has 1 aliphatic heterocycles. The van der Waals surface area contributed by atoms with E-state index in [0.29, 0.717) is 11.1 Å². The third-order valence-electron chi connectivity index (χ3n) is 7.86. The highest BCUT2D eigenvalue weighted by Gasteiger charge is 2.48. The molecule has 45 heavy (non-hydrogen) atoms. The number of alkyl halides is 2. The molecule has 7 nitrogen and oxygen atoms in total. The van der Waals surface area contributed by atoms with E-state index in [2.05, 4.69) is 9.97 Å². The van der Waals surface area contributed by atoms with Crippen LogP contribution in [-0.4, -0.2) is 45.3 Å². The second-order valence-electron chi connectivity index (χ2n) is 11.1. The Morgan fingerprint density at radius 1 is 0.978 bits per heavy atom. The van der Waals surface area contributed by atoms with Gasteiger partial charge < -0.3 is 19.1 Å². The number of ether oxygens (including phenoxy) is 2. The zero-order valence-corrected chi connectivity index (χ0v) is 23.9. The summed E-state index contributed by atoms with van der Waals surface area (Å²) in [7, 11) is 0. The van der Waals surface area contributed by atoms with Crippen LogP contribution in [0, 0.1) is 29.8 Å². The number of carboxylic acid groups (broad SMARTS) is 1. The number of aryl methyl sites for hydroxylation is 1. The minimum atomic E-state index is -2.74. The predicted molar refractivity (Wildman–Crippen MR) is 154 cm³/mol. The van der Waals surface area contributed by atoms with Crippen molar-refractivity contribution < 1.29 is 41.3 Å². The van der Waals surface area contributed by atoms with Gasteiger partial charge in [0.2, 0.25) is 12.3 Å². The molecule has 0 atom stereocenters. The Morgan fingerprint density at radius 2 is 1.76 bits per heavy atom. The zero-order chi connectivity index (χ0) is 31.9. The van der Waals surface area contributed by atoms with Crippen molar-refractivity contribution in [3.63, 3.8) is 0 Å². The molecular formula is C33H26F5N3O4. The fourth-order valence-corrected chi connectivity index (χ4v) is 5.24. The van der Waals surface area contributed by atoms with Gasteiger partial charge in [0.05, 0.1) is 40.9 Å². The SMILES string of the molecule is Cc1ccc(COc2cccc(-c3cc(F)c(Cc4nc5ccc(C(=O)O)cc5n4CC4(C(F)F)COC4)cc3F)n2)c(F)c1. The first kappa shape index (κ1) is 30.2. The number of hydrogen-bond donors (Lipinski definition) is 1. The summed E-state index contributed by atoms with van der Waals surface area (Å²) in [6, 6.07) is 15.3. The second kappa shape index (κ2) is 11.9. The number of pyridine rings is 1. The third-order valence-corrected chi connectivity index (χ3v) is 7.86. The molecule has 0 bridgehead atoms. The van der Waals surface area contributed by atoms with Crippen LogP contribution < -0.4 is 4.74 Å². The van der Waals surface area contributed by atoms with Gasteiger partial charge in [0.15, 0.2) is 0 Å². The monoisotopic (exact) mass is 623 g/mol. The number of aromatic nitrogens is 3. The summed E-state index contributed by atoms with van der Waals surface area (Å²) in [5, 5.41) is 9.47. The Kier molecular flexibility index (Phi) is 8.00. The molecule has 5 aromatic rings. The lowest BCUT2D eigenvalue weighted by atomic mass is 9.86. The molecule has 1 saturated heterocycles. The summed E-state index contributed by atoms with van der Waals surface area (Å²) in [5.74, 6) is -3.00. The average molecular weight is 624 g/mol.